The van der Waals surface area contributed by atoms with Crippen LogP contribution in [0.3, 0.4) is 0 Å². The maximum atomic E-state index is 14.7. The van der Waals surface area contributed by atoms with Crippen LogP contribution in [0.1, 0.15) is 98.3 Å². The van der Waals surface area contributed by atoms with Crippen molar-refractivity contribution in [2.24, 2.45) is 5.92 Å². The van der Waals surface area contributed by atoms with E-state index in [1.165, 1.54) is 6.42 Å². The van der Waals surface area contributed by atoms with E-state index in [1.54, 1.807) is 13.0 Å². The Morgan fingerprint density at radius 2 is 1.50 bits per heavy atom. The molecule has 30 heavy (non-hydrogen) atoms. The Balaban J connectivity index is 1.32. The first kappa shape index (κ1) is 21.5. The van der Waals surface area contributed by atoms with Crippen molar-refractivity contribution in [2.75, 3.05) is 0 Å². The highest BCUT2D eigenvalue weighted by atomic mass is 19.2. The van der Waals surface area contributed by atoms with Crippen molar-refractivity contribution < 1.29 is 13.2 Å². The van der Waals surface area contributed by atoms with Gasteiger partial charge in [0.1, 0.15) is 5.82 Å². The molecule has 0 amide bonds. The maximum absolute atomic E-state index is 14.7. The van der Waals surface area contributed by atoms with Crippen molar-refractivity contribution in [1.82, 2.24) is 0 Å². The zero-order chi connectivity index (χ0) is 21.1. The van der Waals surface area contributed by atoms with Gasteiger partial charge in [-0.15, -0.1) is 0 Å². The first-order chi connectivity index (χ1) is 14.5. The third-order valence-electron chi connectivity index (χ3n) is 7.57. The van der Waals surface area contributed by atoms with E-state index in [4.69, 9.17) is 0 Å². The Labute approximate surface area is 178 Å². The number of rotatable bonds is 5. The van der Waals surface area contributed by atoms with Gasteiger partial charge in [-0.25, -0.2) is 13.2 Å². The molecule has 0 aliphatic heterocycles. The van der Waals surface area contributed by atoms with Crippen LogP contribution in [0.4, 0.5) is 13.2 Å². The fraction of sp³-hybridized carbons (Fsp3) is 0.556. The molecule has 0 radical (unpaired) electrons. The summed E-state index contributed by atoms with van der Waals surface area (Å²) in [6.07, 6.45) is 11.1. The lowest BCUT2D eigenvalue weighted by Crippen LogP contribution is -2.15. The molecule has 3 heteroatoms. The molecule has 2 aromatic rings. The smallest absolute Gasteiger partial charge is 0.162 e. The first-order valence-corrected chi connectivity index (χ1v) is 11.8. The summed E-state index contributed by atoms with van der Waals surface area (Å²) in [4.78, 5) is 0. The normalized spacial score (nSPS) is 22.9. The van der Waals surface area contributed by atoms with Gasteiger partial charge in [0.25, 0.3) is 0 Å². The molecule has 0 heterocycles. The van der Waals surface area contributed by atoms with Gasteiger partial charge in [0, 0.05) is 0 Å². The van der Waals surface area contributed by atoms with Crippen LogP contribution in [0.25, 0.3) is 0 Å². The lowest BCUT2D eigenvalue weighted by molar-refractivity contribution is 0.308. The lowest BCUT2D eigenvalue weighted by atomic mass is 9.76. The predicted molar refractivity (Wildman–Crippen MR) is 116 cm³/mol. The summed E-state index contributed by atoms with van der Waals surface area (Å²) in [6.45, 7) is 1.79. The molecule has 2 aromatic carbocycles. The second-order valence-corrected chi connectivity index (χ2v) is 9.54. The number of hydrogen-bond acceptors (Lipinski definition) is 0. The van der Waals surface area contributed by atoms with Gasteiger partial charge in [-0.3, -0.25) is 0 Å². The molecule has 0 aromatic heterocycles. The molecule has 0 unspecified atom stereocenters. The second kappa shape index (κ2) is 9.58. The summed E-state index contributed by atoms with van der Waals surface area (Å²) in [7, 11) is 0. The van der Waals surface area contributed by atoms with Crippen molar-refractivity contribution in [3.05, 3.63) is 70.0 Å². The summed E-state index contributed by atoms with van der Waals surface area (Å²) in [5.74, 6) is -0.211. The Kier molecular flexibility index (Phi) is 6.85. The lowest BCUT2D eigenvalue weighted by Gasteiger charge is -2.29. The van der Waals surface area contributed by atoms with Crippen LogP contribution in [0, 0.1) is 30.3 Å². The van der Waals surface area contributed by atoms with E-state index in [0.29, 0.717) is 34.9 Å². The minimum atomic E-state index is -0.623. The van der Waals surface area contributed by atoms with Gasteiger partial charge in [0.05, 0.1) is 0 Å². The standard InChI is InChI=1S/C27H33F3/c1-18-7-11-23(17-25(18)28)20-12-8-19(9-13-20)10-14-22-15-16-24(27(30)26(22)29)21-5-3-2-4-6-21/h7,11,15-17,19-21H,2-6,8-10,12-14H2,1H3. The monoisotopic (exact) mass is 414 g/mol. The van der Waals surface area contributed by atoms with Crippen LogP contribution in [0.5, 0.6) is 0 Å². The third kappa shape index (κ3) is 4.76. The Hall–Kier alpha value is -1.77. The summed E-state index contributed by atoms with van der Waals surface area (Å²) in [5, 5.41) is 0. The summed E-state index contributed by atoms with van der Waals surface area (Å²) in [5.41, 5.74) is 2.90. The van der Waals surface area contributed by atoms with Crippen molar-refractivity contribution in [3.8, 4) is 0 Å². The van der Waals surface area contributed by atoms with Gasteiger partial charge in [-0.1, -0.05) is 43.5 Å². The van der Waals surface area contributed by atoms with Gasteiger partial charge in [0.2, 0.25) is 0 Å². The molecule has 0 spiro atoms. The van der Waals surface area contributed by atoms with Crippen LogP contribution in [-0.4, -0.2) is 0 Å². The van der Waals surface area contributed by atoms with Crippen molar-refractivity contribution in [1.29, 1.82) is 0 Å². The fourth-order valence-electron chi connectivity index (χ4n) is 5.53. The van der Waals surface area contributed by atoms with Crippen molar-refractivity contribution >= 4 is 0 Å². The van der Waals surface area contributed by atoms with E-state index in [9.17, 15) is 13.2 Å². The molecule has 2 aliphatic carbocycles. The van der Waals surface area contributed by atoms with E-state index in [1.807, 2.05) is 18.2 Å². The van der Waals surface area contributed by atoms with E-state index in [2.05, 4.69) is 6.07 Å². The van der Waals surface area contributed by atoms with E-state index >= 15 is 0 Å². The Morgan fingerprint density at radius 3 is 2.20 bits per heavy atom. The molecule has 162 valence electrons. The maximum Gasteiger partial charge on any atom is 0.162 e. The largest absolute Gasteiger partial charge is 0.207 e. The van der Waals surface area contributed by atoms with Gasteiger partial charge >= 0.3 is 0 Å². The average Bonchev–Trinajstić information content (AvgIpc) is 2.78. The number of hydrogen-bond donors (Lipinski definition) is 0. The molecule has 0 saturated heterocycles. The molecule has 0 atom stereocenters. The number of aryl methyl sites for hydroxylation is 2. The van der Waals surface area contributed by atoms with Crippen molar-refractivity contribution in [2.45, 2.75) is 89.4 Å². The molecule has 2 saturated carbocycles. The van der Waals surface area contributed by atoms with Crippen LogP contribution < -0.4 is 0 Å². The first-order valence-electron chi connectivity index (χ1n) is 11.8. The zero-order valence-corrected chi connectivity index (χ0v) is 18.0. The quantitative estimate of drug-likeness (QED) is 0.461. The highest BCUT2D eigenvalue weighted by Gasteiger charge is 2.25. The van der Waals surface area contributed by atoms with E-state index in [0.717, 1.165) is 63.4 Å². The number of halogens is 3. The van der Waals surface area contributed by atoms with Crippen LogP contribution in [0.15, 0.2) is 30.3 Å². The average molecular weight is 415 g/mol. The summed E-state index contributed by atoms with van der Waals surface area (Å²) in [6, 6.07) is 9.27. The highest BCUT2D eigenvalue weighted by molar-refractivity contribution is 5.30. The van der Waals surface area contributed by atoms with E-state index in [-0.39, 0.29) is 11.7 Å². The Bertz CT molecular complexity index is 859. The van der Waals surface area contributed by atoms with Crippen molar-refractivity contribution in [3.63, 3.8) is 0 Å². The zero-order valence-electron chi connectivity index (χ0n) is 18.0. The van der Waals surface area contributed by atoms with Crippen LogP contribution in [-0.2, 0) is 6.42 Å². The minimum Gasteiger partial charge on any atom is -0.207 e. The molecule has 0 N–H and O–H groups in total. The molecule has 2 aliphatic rings. The fourth-order valence-corrected chi connectivity index (χ4v) is 5.53. The molecular formula is C27H33F3. The summed E-state index contributed by atoms with van der Waals surface area (Å²) < 4.78 is 43.3. The van der Waals surface area contributed by atoms with Gasteiger partial charge in [0.15, 0.2) is 11.6 Å². The van der Waals surface area contributed by atoms with Gasteiger partial charge in [-0.2, -0.15) is 0 Å². The number of benzene rings is 2. The topological polar surface area (TPSA) is 0 Å². The molecule has 2 fully saturated rings. The SMILES string of the molecule is Cc1ccc(C2CCC(CCc3ccc(C4CCCCC4)c(F)c3F)CC2)cc1F. The molecule has 0 bridgehead atoms. The molecule has 4 rings (SSSR count). The minimum absolute atomic E-state index is 0.121. The second-order valence-electron chi connectivity index (χ2n) is 9.54. The summed E-state index contributed by atoms with van der Waals surface area (Å²) >= 11 is 0. The third-order valence-corrected chi connectivity index (χ3v) is 7.57. The van der Waals surface area contributed by atoms with Gasteiger partial charge in [-0.05, 0) is 104 Å². The van der Waals surface area contributed by atoms with Crippen LogP contribution in [0.2, 0.25) is 0 Å². The van der Waals surface area contributed by atoms with Gasteiger partial charge < -0.3 is 0 Å². The van der Waals surface area contributed by atoms with Crippen LogP contribution >= 0.6 is 0 Å². The molecule has 0 nitrogen and oxygen atoms in total. The molecular weight excluding hydrogens is 381 g/mol. The van der Waals surface area contributed by atoms with E-state index < -0.39 is 11.6 Å². The Morgan fingerprint density at radius 1 is 0.767 bits per heavy atom. The highest BCUT2D eigenvalue weighted by Crippen LogP contribution is 2.39. The predicted octanol–water partition coefficient (Wildman–Crippen LogP) is 8.37.